The second-order valence-corrected chi connectivity index (χ2v) is 4.30. The van der Waals surface area contributed by atoms with Crippen molar-refractivity contribution in [3.8, 4) is 11.8 Å². The molecule has 0 N–H and O–H groups in total. The molecule has 0 saturated carbocycles. The van der Waals surface area contributed by atoms with Crippen molar-refractivity contribution in [3.63, 3.8) is 0 Å². The molecule has 0 unspecified atom stereocenters. The molecule has 0 radical (unpaired) electrons. The summed E-state index contributed by atoms with van der Waals surface area (Å²) >= 11 is 0. The molecule has 2 aromatic rings. The van der Waals surface area contributed by atoms with Crippen molar-refractivity contribution >= 4 is 0 Å². The van der Waals surface area contributed by atoms with Crippen molar-refractivity contribution in [2.45, 2.75) is 20.4 Å². The molecule has 5 nitrogen and oxygen atoms in total. The molecule has 1 aromatic heterocycles. The van der Waals surface area contributed by atoms with Crippen LogP contribution >= 0.6 is 0 Å². The van der Waals surface area contributed by atoms with E-state index in [9.17, 15) is 9.59 Å². The van der Waals surface area contributed by atoms with Crippen molar-refractivity contribution in [2.24, 2.45) is 0 Å². The highest BCUT2D eigenvalue weighted by Gasteiger charge is 2.10. The molecule has 0 amide bonds. The van der Waals surface area contributed by atoms with Crippen LogP contribution < -0.4 is 11.1 Å². The van der Waals surface area contributed by atoms with E-state index in [2.05, 4.69) is 0 Å². The monoisotopic (exact) mass is 255 g/mol. The average molecular weight is 255 g/mol. The minimum Gasteiger partial charge on any atom is -0.295 e. The van der Waals surface area contributed by atoms with Crippen LogP contribution in [-0.2, 0) is 6.54 Å². The smallest absolute Gasteiger partial charge is 0.295 e. The van der Waals surface area contributed by atoms with E-state index in [-0.39, 0.29) is 6.54 Å². The Morgan fingerprint density at radius 3 is 2.32 bits per heavy atom. The zero-order valence-corrected chi connectivity index (χ0v) is 10.8. The van der Waals surface area contributed by atoms with Gasteiger partial charge in [0.1, 0.15) is 6.54 Å². The molecule has 1 heterocycles. The molecule has 2 rings (SSSR count). The summed E-state index contributed by atoms with van der Waals surface area (Å²) in [5.41, 5.74) is 1.22. The van der Waals surface area contributed by atoms with Gasteiger partial charge in [-0.25, -0.2) is 0 Å². The number of nitriles is 1. The molecule has 1 aromatic carbocycles. The Morgan fingerprint density at radius 2 is 1.74 bits per heavy atom. The lowest BCUT2D eigenvalue weighted by Gasteiger charge is -2.12. The van der Waals surface area contributed by atoms with E-state index in [1.807, 2.05) is 38.1 Å². The predicted octanol–water partition coefficient (Wildman–Crippen LogP) is 1.14. The highest BCUT2D eigenvalue weighted by molar-refractivity contribution is 5.46. The molecular formula is C14H13N3O2. The van der Waals surface area contributed by atoms with E-state index >= 15 is 0 Å². The summed E-state index contributed by atoms with van der Waals surface area (Å²) in [6, 6.07) is 7.52. The fraction of sp³-hybridized carbons (Fsp3) is 0.214. The van der Waals surface area contributed by atoms with Gasteiger partial charge in [0.15, 0.2) is 0 Å². The second kappa shape index (κ2) is 4.94. The van der Waals surface area contributed by atoms with Gasteiger partial charge in [-0.15, -0.1) is 0 Å². The van der Waals surface area contributed by atoms with Crippen LogP contribution in [0.4, 0.5) is 0 Å². The molecule has 5 heteroatoms. The fourth-order valence-corrected chi connectivity index (χ4v) is 2.07. The van der Waals surface area contributed by atoms with Gasteiger partial charge in [-0.05, 0) is 25.0 Å². The van der Waals surface area contributed by atoms with Crippen LogP contribution in [0.3, 0.4) is 0 Å². The molecule has 19 heavy (non-hydrogen) atoms. The molecule has 0 spiro atoms. The van der Waals surface area contributed by atoms with E-state index in [1.54, 1.807) is 0 Å². The van der Waals surface area contributed by atoms with Crippen molar-refractivity contribution in [1.29, 1.82) is 5.26 Å². The summed E-state index contributed by atoms with van der Waals surface area (Å²) in [5, 5.41) is 8.59. The van der Waals surface area contributed by atoms with E-state index in [0.717, 1.165) is 15.7 Å². The third kappa shape index (κ3) is 2.20. The first-order valence-electron chi connectivity index (χ1n) is 5.82. The topological polar surface area (TPSA) is 67.8 Å². The van der Waals surface area contributed by atoms with Gasteiger partial charge in [-0.3, -0.25) is 18.7 Å². The van der Waals surface area contributed by atoms with Gasteiger partial charge >= 0.3 is 11.1 Å². The summed E-state index contributed by atoms with van der Waals surface area (Å²) in [4.78, 5) is 23.9. The van der Waals surface area contributed by atoms with Gasteiger partial charge in [0, 0.05) is 12.4 Å². The van der Waals surface area contributed by atoms with Crippen molar-refractivity contribution < 1.29 is 0 Å². The summed E-state index contributed by atoms with van der Waals surface area (Å²) < 4.78 is 2.44. The minimum absolute atomic E-state index is 0.123. The first-order valence-corrected chi connectivity index (χ1v) is 5.82. The fourth-order valence-electron chi connectivity index (χ4n) is 2.07. The molecule has 0 saturated heterocycles. The zero-order valence-electron chi connectivity index (χ0n) is 10.8. The largest absolute Gasteiger partial charge is 0.321 e. The third-order valence-corrected chi connectivity index (χ3v) is 2.98. The van der Waals surface area contributed by atoms with Gasteiger partial charge in [0.25, 0.3) is 0 Å². The molecule has 0 aliphatic heterocycles. The number of para-hydroxylation sites is 1. The Hall–Kier alpha value is -2.61. The Balaban J connectivity index is 2.73. The molecule has 0 aliphatic rings. The molecule has 96 valence electrons. The lowest BCUT2D eigenvalue weighted by molar-refractivity contribution is 0.737. The Kier molecular flexibility index (Phi) is 3.34. The van der Waals surface area contributed by atoms with E-state index in [4.69, 9.17) is 5.26 Å². The number of nitrogens with zero attached hydrogens (tertiary/aromatic N) is 3. The Labute approximate surface area is 110 Å². The maximum Gasteiger partial charge on any atom is 0.321 e. The van der Waals surface area contributed by atoms with Crippen LogP contribution in [0, 0.1) is 25.2 Å². The lowest BCUT2D eigenvalue weighted by atomic mass is 10.1. The third-order valence-electron chi connectivity index (χ3n) is 2.98. The van der Waals surface area contributed by atoms with Gasteiger partial charge in [-0.2, -0.15) is 5.26 Å². The maximum absolute atomic E-state index is 12.1. The molecule has 0 bridgehead atoms. The van der Waals surface area contributed by atoms with Crippen molar-refractivity contribution in [3.05, 3.63) is 62.4 Å². The highest BCUT2D eigenvalue weighted by atomic mass is 16.2. The predicted molar refractivity (Wildman–Crippen MR) is 71.4 cm³/mol. The van der Waals surface area contributed by atoms with Gasteiger partial charge in [-0.1, -0.05) is 18.2 Å². The second-order valence-electron chi connectivity index (χ2n) is 4.30. The normalized spacial score (nSPS) is 10.2. The van der Waals surface area contributed by atoms with E-state index in [0.29, 0.717) is 5.69 Å². The number of hydrogen-bond acceptors (Lipinski definition) is 3. The van der Waals surface area contributed by atoms with Crippen molar-refractivity contribution in [2.75, 3.05) is 0 Å². The molecule has 0 fully saturated rings. The molecule has 0 atom stereocenters. The number of aryl methyl sites for hydroxylation is 2. The lowest BCUT2D eigenvalue weighted by Crippen LogP contribution is -2.40. The van der Waals surface area contributed by atoms with Gasteiger partial charge in [0.2, 0.25) is 0 Å². The van der Waals surface area contributed by atoms with E-state index in [1.165, 1.54) is 17.0 Å². The zero-order chi connectivity index (χ0) is 14.0. The van der Waals surface area contributed by atoms with Crippen LogP contribution in [0.15, 0.2) is 40.2 Å². The first-order chi connectivity index (χ1) is 9.06. The van der Waals surface area contributed by atoms with Gasteiger partial charge in [0.05, 0.1) is 11.8 Å². The summed E-state index contributed by atoms with van der Waals surface area (Å²) in [5.74, 6) is 0. The number of aromatic nitrogens is 2. The molecule has 0 aliphatic carbocycles. The average Bonchev–Trinajstić information content (AvgIpc) is 2.37. The minimum atomic E-state index is -0.688. The van der Waals surface area contributed by atoms with Crippen LogP contribution in [0.25, 0.3) is 5.69 Å². The van der Waals surface area contributed by atoms with Crippen LogP contribution in [-0.4, -0.2) is 9.13 Å². The van der Waals surface area contributed by atoms with Crippen LogP contribution in [0.5, 0.6) is 0 Å². The van der Waals surface area contributed by atoms with Crippen LogP contribution in [0.2, 0.25) is 0 Å². The standard InChI is InChI=1S/C14H13N3O2/c1-10-4-3-5-11(2)12(10)17-9-8-16(7-6-15)13(18)14(17)19/h3-5,8-9H,7H2,1-2H3. The van der Waals surface area contributed by atoms with E-state index < -0.39 is 11.1 Å². The van der Waals surface area contributed by atoms with Crippen molar-refractivity contribution in [1.82, 2.24) is 9.13 Å². The SMILES string of the molecule is Cc1cccc(C)c1-n1ccn(CC#N)c(=O)c1=O. The summed E-state index contributed by atoms with van der Waals surface area (Å²) in [7, 11) is 0. The highest BCUT2D eigenvalue weighted by Crippen LogP contribution is 2.16. The Bertz CT molecular complexity index is 758. The molecular weight excluding hydrogens is 242 g/mol. The summed E-state index contributed by atoms with van der Waals surface area (Å²) in [6.07, 6.45) is 2.98. The Morgan fingerprint density at radius 1 is 1.11 bits per heavy atom. The maximum atomic E-state index is 12.1. The number of benzene rings is 1. The number of rotatable bonds is 2. The number of hydrogen-bond donors (Lipinski definition) is 0. The summed E-state index contributed by atoms with van der Waals surface area (Å²) in [6.45, 7) is 3.65. The van der Waals surface area contributed by atoms with Crippen LogP contribution in [0.1, 0.15) is 11.1 Å². The quantitative estimate of drug-likeness (QED) is 0.756. The first kappa shape index (κ1) is 12.8. The van der Waals surface area contributed by atoms with Gasteiger partial charge < -0.3 is 0 Å².